The summed E-state index contributed by atoms with van der Waals surface area (Å²) < 4.78 is 0. The smallest absolute Gasteiger partial charge is 0.0346 e. The predicted molar refractivity (Wildman–Crippen MR) is 120 cm³/mol. The Morgan fingerprint density at radius 1 is 0.500 bits per heavy atom. The average molecular weight is 359 g/mol. The van der Waals surface area contributed by atoms with Crippen molar-refractivity contribution >= 4 is 21.5 Å². The molecule has 0 fully saturated rings. The lowest BCUT2D eigenvalue weighted by Gasteiger charge is -2.15. The quantitative estimate of drug-likeness (QED) is 0.300. The number of rotatable bonds is 2. The third-order valence-corrected chi connectivity index (χ3v) is 5.76. The highest BCUT2D eigenvalue weighted by Gasteiger charge is 2.11. The van der Waals surface area contributed by atoms with Crippen molar-refractivity contribution in [3.63, 3.8) is 0 Å². The summed E-state index contributed by atoms with van der Waals surface area (Å²) in [6.07, 6.45) is 3.74. The van der Waals surface area contributed by atoms with Gasteiger partial charge < -0.3 is 0 Å². The first-order chi connectivity index (χ1) is 13.7. The van der Waals surface area contributed by atoms with Crippen LogP contribution in [0.3, 0.4) is 0 Å². The molecule has 134 valence electrons. The Hall–Kier alpha value is -3.45. The minimum atomic E-state index is 1.15. The number of hydrogen-bond donors (Lipinski definition) is 0. The zero-order valence-electron chi connectivity index (χ0n) is 16.1. The van der Waals surface area contributed by atoms with E-state index >= 15 is 0 Å². The molecule has 28 heavy (non-hydrogen) atoms. The van der Waals surface area contributed by atoms with Crippen LogP contribution in [0.1, 0.15) is 11.1 Å². The molecule has 0 saturated carbocycles. The van der Waals surface area contributed by atoms with Gasteiger partial charge >= 0.3 is 0 Å². The Labute approximate surface area is 165 Å². The average Bonchev–Trinajstić information content (AvgIpc) is 2.78. The summed E-state index contributed by atoms with van der Waals surface area (Å²) in [5, 5.41) is 5.30. The van der Waals surface area contributed by atoms with Gasteiger partial charge in [0.25, 0.3) is 0 Å². The maximum Gasteiger partial charge on any atom is 0.0346 e. The summed E-state index contributed by atoms with van der Waals surface area (Å²) in [5.41, 5.74) is 7.56. The van der Waals surface area contributed by atoms with Gasteiger partial charge in [0.05, 0.1) is 0 Å². The summed E-state index contributed by atoms with van der Waals surface area (Å²) in [4.78, 5) is 4.27. The first-order valence-electron chi connectivity index (χ1n) is 9.65. The number of pyridine rings is 1. The van der Waals surface area contributed by atoms with E-state index in [0.29, 0.717) is 0 Å². The molecule has 5 aromatic rings. The van der Waals surface area contributed by atoms with Crippen LogP contribution in [0, 0.1) is 13.8 Å². The molecule has 1 heteroatoms. The third-order valence-electron chi connectivity index (χ3n) is 5.76. The Balaban J connectivity index is 1.76. The molecule has 0 spiro atoms. The zero-order chi connectivity index (χ0) is 19.1. The lowest BCUT2D eigenvalue weighted by Crippen LogP contribution is -1.90. The van der Waals surface area contributed by atoms with Gasteiger partial charge in [-0.3, -0.25) is 4.98 Å². The van der Waals surface area contributed by atoms with Gasteiger partial charge in [0.1, 0.15) is 0 Å². The molecular weight excluding hydrogens is 338 g/mol. The second-order valence-electron chi connectivity index (χ2n) is 7.38. The standard InChI is InChI=1S/C27H21N/c1-18-25-13-11-22(23-9-6-14-28-17-23)16-27(25)19(2)24-12-10-21(15-26(18)24)20-7-4-3-5-8-20/h3-17H,1-2H3. The number of aromatic nitrogens is 1. The highest BCUT2D eigenvalue weighted by molar-refractivity contribution is 6.07. The van der Waals surface area contributed by atoms with Crippen molar-refractivity contribution in [3.05, 3.63) is 102 Å². The maximum atomic E-state index is 4.27. The summed E-state index contributed by atoms with van der Waals surface area (Å²) >= 11 is 0. The van der Waals surface area contributed by atoms with Crippen molar-refractivity contribution in [2.75, 3.05) is 0 Å². The van der Waals surface area contributed by atoms with Crippen LogP contribution in [0.15, 0.2) is 91.3 Å². The molecule has 0 saturated heterocycles. The highest BCUT2D eigenvalue weighted by atomic mass is 14.6. The lowest BCUT2D eigenvalue weighted by molar-refractivity contribution is 1.33. The van der Waals surface area contributed by atoms with Crippen LogP contribution in [0.25, 0.3) is 43.8 Å². The number of aryl methyl sites for hydroxylation is 2. The van der Waals surface area contributed by atoms with Gasteiger partial charge in [-0.25, -0.2) is 0 Å². The van der Waals surface area contributed by atoms with Crippen LogP contribution in [0.2, 0.25) is 0 Å². The molecule has 5 rings (SSSR count). The minimum absolute atomic E-state index is 1.15. The molecule has 0 atom stereocenters. The zero-order valence-corrected chi connectivity index (χ0v) is 16.1. The third kappa shape index (κ3) is 2.68. The minimum Gasteiger partial charge on any atom is -0.264 e. The van der Waals surface area contributed by atoms with Crippen molar-refractivity contribution in [1.82, 2.24) is 4.98 Å². The van der Waals surface area contributed by atoms with E-state index in [4.69, 9.17) is 0 Å². The first-order valence-corrected chi connectivity index (χ1v) is 9.65. The molecular formula is C27H21N. The van der Waals surface area contributed by atoms with Crippen molar-refractivity contribution in [3.8, 4) is 22.3 Å². The Kier molecular flexibility index (Phi) is 3.95. The van der Waals surface area contributed by atoms with Gasteiger partial charge in [0, 0.05) is 18.0 Å². The summed E-state index contributed by atoms with van der Waals surface area (Å²) in [6.45, 7) is 4.47. The van der Waals surface area contributed by atoms with E-state index in [1.165, 1.54) is 49.4 Å². The lowest BCUT2D eigenvalue weighted by atomic mass is 9.89. The maximum absolute atomic E-state index is 4.27. The summed E-state index contributed by atoms with van der Waals surface area (Å²) in [5.74, 6) is 0. The van der Waals surface area contributed by atoms with E-state index < -0.39 is 0 Å². The summed E-state index contributed by atoms with van der Waals surface area (Å²) in [6, 6.07) is 28.3. The predicted octanol–water partition coefficient (Wildman–Crippen LogP) is 7.34. The molecule has 1 nitrogen and oxygen atoms in total. The van der Waals surface area contributed by atoms with Crippen LogP contribution in [-0.2, 0) is 0 Å². The normalized spacial score (nSPS) is 11.2. The Bertz CT molecular complexity index is 1200. The Morgan fingerprint density at radius 3 is 1.64 bits per heavy atom. The van der Waals surface area contributed by atoms with Gasteiger partial charge in [0.2, 0.25) is 0 Å². The van der Waals surface area contributed by atoms with Crippen LogP contribution >= 0.6 is 0 Å². The van der Waals surface area contributed by atoms with Gasteiger partial charge in [-0.2, -0.15) is 0 Å². The molecule has 0 unspecified atom stereocenters. The molecule has 0 bridgehead atoms. The number of nitrogens with zero attached hydrogens (tertiary/aromatic N) is 1. The fourth-order valence-electron chi connectivity index (χ4n) is 4.18. The molecule has 4 aromatic carbocycles. The van der Waals surface area contributed by atoms with E-state index in [0.717, 1.165) is 5.56 Å². The van der Waals surface area contributed by atoms with Crippen molar-refractivity contribution in [1.29, 1.82) is 0 Å². The van der Waals surface area contributed by atoms with Crippen LogP contribution in [0.5, 0.6) is 0 Å². The van der Waals surface area contributed by atoms with Crippen LogP contribution in [0.4, 0.5) is 0 Å². The largest absolute Gasteiger partial charge is 0.264 e. The topological polar surface area (TPSA) is 12.9 Å². The summed E-state index contributed by atoms with van der Waals surface area (Å²) in [7, 11) is 0. The molecule has 0 aliphatic rings. The van der Waals surface area contributed by atoms with Crippen molar-refractivity contribution < 1.29 is 0 Å². The molecule has 0 N–H and O–H groups in total. The van der Waals surface area contributed by atoms with E-state index in [2.05, 4.69) is 91.6 Å². The number of benzene rings is 4. The fourth-order valence-corrected chi connectivity index (χ4v) is 4.18. The Morgan fingerprint density at radius 2 is 1.07 bits per heavy atom. The van der Waals surface area contributed by atoms with Crippen molar-refractivity contribution in [2.24, 2.45) is 0 Å². The van der Waals surface area contributed by atoms with Gasteiger partial charge in [-0.1, -0.05) is 60.7 Å². The molecule has 0 aliphatic carbocycles. The second kappa shape index (κ2) is 6.61. The molecule has 0 aliphatic heterocycles. The fraction of sp³-hybridized carbons (Fsp3) is 0.0741. The highest BCUT2D eigenvalue weighted by Crippen LogP contribution is 2.36. The van der Waals surface area contributed by atoms with Crippen LogP contribution in [-0.4, -0.2) is 4.98 Å². The number of fused-ring (bicyclic) bond motifs is 2. The first kappa shape index (κ1) is 16.7. The van der Waals surface area contributed by atoms with E-state index in [9.17, 15) is 0 Å². The van der Waals surface area contributed by atoms with E-state index in [-0.39, 0.29) is 0 Å². The molecule has 1 aromatic heterocycles. The molecule has 0 radical (unpaired) electrons. The molecule has 1 heterocycles. The van der Waals surface area contributed by atoms with Gasteiger partial charge in [-0.15, -0.1) is 0 Å². The number of hydrogen-bond acceptors (Lipinski definition) is 1. The van der Waals surface area contributed by atoms with Crippen molar-refractivity contribution in [2.45, 2.75) is 13.8 Å². The van der Waals surface area contributed by atoms with Gasteiger partial charge in [0.15, 0.2) is 0 Å². The van der Waals surface area contributed by atoms with Crippen LogP contribution < -0.4 is 0 Å². The van der Waals surface area contributed by atoms with E-state index in [1.54, 1.807) is 0 Å². The monoisotopic (exact) mass is 359 g/mol. The second-order valence-corrected chi connectivity index (χ2v) is 7.38. The van der Waals surface area contributed by atoms with Gasteiger partial charge in [-0.05, 0) is 81.4 Å². The SMILES string of the molecule is Cc1c2ccc(-c3cccnc3)cc2c(C)c2ccc(-c3ccccc3)cc12. The van der Waals surface area contributed by atoms with E-state index in [1.807, 2.05) is 18.5 Å². The molecule has 0 amide bonds.